The lowest BCUT2D eigenvalue weighted by atomic mass is 9.99. The van der Waals surface area contributed by atoms with Gasteiger partial charge in [0.05, 0.1) is 16.4 Å². The van der Waals surface area contributed by atoms with Gasteiger partial charge in [-0.3, -0.25) is 4.79 Å². The van der Waals surface area contributed by atoms with Crippen LogP contribution >= 0.6 is 11.6 Å². The van der Waals surface area contributed by atoms with Crippen molar-refractivity contribution in [3.63, 3.8) is 0 Å². The summed E-state index contributed by atoms with van der Waals surface area (Å²) >= 11 is 6.10. The SMILES string of the molecule is CC(C)C1Nc2cccc(Cl)c2N(C)C1=O. The summed E-state index contributed by atoms with van der Waals surface area (Å²) < 4.78 is 0. The number of hydrogen-bond acceptors (Lipinski definition) is 2. The number of anilines is 2. The van der Waals surface area contributed by atoms with E-state index in [9.17, 15) is 4.79 Å². The maximum atomic E-state index is 12.1. The monoisotopic (exact) mass is 238 g/mol. The number of para-hydroxylation sites is 1. The number of benzene rings is 1. The zero-order chi connectivity index (χ0) is 11.9. The van der Waals surface area contributed by atoms with Crippen LogP contribution in [0.4, 0.5) is 11.4 Å². The molecule has 0 radical (unpaired) electrons. The second-order valence-corrected chi connectivity index (χ2v) is 4.81. The highest BCUT2D eigenvalue weighted by Gasteiger charge is 2.33. The summed E-state index contributed by atoms with van der Waals surface area (Å²) in [5.74, 6) is 0.317. The number of rotatable bonds is 1. The highest BCUT2D eigenvalue weighted by atomic mass is 35.5. The number of fused-ring (bicyclic) bond motifs is 1. The van der Waals surface area contributed by atoms with Crippen LogP contribution in [0.25, 0.3) is 0 Å². The lowest BCUT2D eigenvalue weighted by molar-refractivity contribution is -0.120. The van der Waals surface area contributed by atoms with Crippen LogP contribution in [0.2, 0.25) is 5.02 Å². The molecule has 0 saturated heterocycles. The summed E-state index contributed by atoms with van der Waals surface area (Å²) in [6.45, 7) is 4.05. The van der Waals surface area contributed by atoms with Crippen LogP contribution in [-0.4, -0.2) is 19.0 Å². The molecule has 1 amide bonds. The maximum absolute atomic E-state index is 12.1. The molecule has 0 bridgehead atoms. The fourth-order valence-electron chi connectivity index (χ4n) is 1.97. The number of carbonyl (C=O) groups is 1. The molecular weight excluding hydrogens is 224 g/mol. The number of halogens is 1. The highest BCUT2D eigenvalue weighted by molar-refractivity contribution is 6.35. The van der Waals surface area contributed by atoms with Crippen molar-refractivity contribution in [2.24, 2.45) is 5.92 Å². The number of likely N-dealkylation sites (N-methyl/N-ethyl adjacent to an activating group) is 1. The van der Waals surface area contributed by atoms with E-state index in [1.54, 1.807) is 18.0 Å². The number of amides is 1. The Morgan fingerprint density at radius 1 is 1.44 bits per heavy atom. The zero-order valence-corrected chi connectivity index (χ0v) is 10.4. The topological polar surface area (TPSA) is 32.3 Å². The van der Waals surface area contributed by atoms with Crippen LogP contribution in [0, 0.1) is 5.92 Å². The molecule has 0 spiro atoms. The molecule has 1 aliphatic rings. The molecule has 4 heteroatoms. The summed E-state index contributed by atoms with van der Waals surface area (Å²) in [4.78, 5) is 13.7. The molecule has 1 atom stereocenters. The Morgan fingerprint density at radius 2 is 2.12 bits per heavy atom. The Hall–Kier alpha value is -1.22. The van der Waals surface area contributed by atoms with Gasteiger partial charge in [0.2, 0.25) is 5.91 Å². The molecule has 1 heterocycles. The quantitative estimate of drug-likeness (QED) is 0.816. The molecular formula is C12H15ClN2O. The first-order valence-corrected chi connectivity index (χ1v) is 5.72. The molecule has 16 heavy (non-hydrogen) atoms. The molecule has 3 nitrogen and oxygen atoms in total. The second-order valence-electron chi connectivity index (χ2n) is 4.40. The zero-order valence-electron chi connectivity index (χ0n) is 9.62. The molecule has 1 aromatic carbocycles. The summed E-state index contributed by atoms with van der Waals surface area (Å²) in [5.41, 5.74) is 1.69. The van der Waals surface area contributed by atoms with Crippen LogP contribution in [0.1, 0.15) is 13.8 Å². The molecule has 86 valence electrons. The van der Waals surface area contributed by atoms with Gasteiger partial charge in [0.15, 0.2) is 0 Å². The third kappa shape index (κ3) is 1.65. The minimum atomic E-state index is -0.170. The molecule has 0 saturated carbocycles. The van der Waals surface area contributed by atoms with Gasteiger partial charge in [0.1, 0.15) is 6.04 Å². The molecule has 0 aromatic heterocycles. The molecule has 1 unspecified atom stereocenters. The van der Waals surface area contributed by atoms with Gasteiger partial charge in [-0.15, -0.1) is 0 Å². The van der Waals surface area contributed by atoms with E-state index < -0.39 is 0 Å². The van der Waals surface area contributed by atoms with Gasteiger partial charge >= 0.3 is 0 Å². The average Bonchev–Trinajstić information content (AvgIpc) is 2.22. The Morgan fingerprint density at radius 3 is 2.75 bits per heavy atom. The highest BCUT2D eigenvalue weighted by Crippen LogP contribution is 2.37. The average molecular weight is 239 g/mol. The molecule has 0 fully saturated rings. The van der Waals surface area contributed by atoms with Crippen LogP contribution < -0.4 is 10.2 Å². The van der Waals surface area contributed by atoms with Gasteiger partial charge in [-0.05, 0) is 18.1 Å². The Kier molecular flexibility index (Phi) is 2.80. The summed E-state index contributed by atoms with van der Waals surface area (Å²) in [7, 11) is 1.77. The summed E-state index contributed by atoms with van der Waals surface area (Å²) in [6.07, 6.45) is 0. The first kappa shape index (κ1) is 11.3. The second kappa shape index (κ2) is 3.98. The van der Waals surface area contributed by atoms with E-state index in [4.69, 9.17) is 11.6 Å². The third-order valence-corrected chi connectivity index (χ3v) is 3.20. The lowest BCUT2D eigenvalue weighted by Crippen LogP contribution is -2.47. The first-order chi connectivity index (χ1) is 7.52. The van der Waals surface area contributed by atoms with E-state index in [1.165, 1.54) is 0 Å². The fraction of sp³-hybridized carbons (Fsp3) is 0.417. The van der Waals surface area contributed by atoms with Crippen LogP contribution in [-0.2, 0) is 4.79 Å². The van der Waals surface area contributed by atoms with Crippen LogP contribution in [0.3, 0.4) is 0 Å². The first-order valence-electron chi connectivity index (χ1n) is 5.35. The van der Waals surface area contributed by atoms with E-state index in [-0.39, 0.29) is 17.9 Å². The number of nitrogens with one attached hydrogen (secondary N) is 1. The van der Waals surface area contributed by atoms with Gasteiger partial charge in [0.25, 0.3) is 0 Å². The Bertz CT molecular complexity index is 431. The number of nitrogens with zero attached hydrogens (tertiary/aromatic N) is 1. The van der Waals surface area contributed by atoms with Crippen LogP contribution in [0.15, 0.2) is 18.2 Å². The van der Waals surface area contributed by atoms with Crippen molar-refractivity contribution in [1.82, 2.24) is 0 Å². The van der Waals surface area contributed by atoms with Crippen molar-refractivity contribution in [1.29, 1.82) is 0 Å². The molecule has 1 aromatic rings. The van der Waals surface area contributed by atoms with E-state index in [2.05, 4.69) is 5.32 Å². The van der Waals surface area contributed by atoms with Gasteiger partial charge in [-0.25, -0.2) is 0 Å². The standard InChI is InChI=1S/C12H15ClN2O/c1-7(2)10-12(16)15(3)11-8(13)5-4-6-9(11)14-10/h4-7,10,14H,1-3H3. The van der Waals surface area contributed by atoms with E-state index in [0.717, 1.165) is 11.4 Å². The summed E-state index contributed by atoms with van der Waals surface area (Å²) in [5, 5.41) is 3.84. The number of hydrogen-bond donors (Lipinski definition) is 1. The largest absolute Gasteiger partial charge is 0.372 e. The fourth-order valence-corrected chi connectivity index (χ4v) is 2.27. The summed E-state index contributed by atoms with van der Waals surface area (Å²) in [6, 6.07) is 5.45. The number of carbonyl (C=O) groups excluding carboxylic acids is 1. The molecule has 2 rings (SSSR count). The van der Waals surface area contributed by atoms with Crippen molar-refractivity contribution in [3.05, 3.63) is 23.2 Å². The van der Waals surface area contributed by atoms with Crippen LogP contribution in [0.5, 0.6) is 0 Å². The Balaban J connectivity index is 2.48. The van der Waals surface area contributed by atoms with Crippen molar-refractivity contribution in [2.45, 2.75) is 19.9 Å². The van der Waals surface area contributed by atoms with E-state index >= 15 is 0 Å². The maximum Gasteiger partial charge on any atom is 0.249 e. The molecule has 1 aliphatic heterocycles. The lowest BCUT2D eigenvalue weighted by Gasteiger charge is -2.35. The van der Waals surface area contributed by atoms with E-state index in [1.807, 2.05) is 26.0 Å². The minimum Gasteiger partial charge on any atom is -0.372 e. The van der Waals surface area contributed by atoms with Gasteiger partial charge in [-0.2, -0.15) is 0 Å². The predicted molar refractivity (Wildman–Crippen MR) is 67.1 cm³/mol. The normalized spacial score (nSPS) is 19.7. The molecule has 1 N–H and O–H groups in total. The Labute approximate surface area is 100 Å². The molecule has 0 aliphatic carbocycles. The predicted octanol–water partition coefficient (Wildman–Crippen LogP) is 2.75. The van der Waals surface area contributed by atoms with Gasteiger partial charge < -0.3 is 10.2 Å². The van der Waals surface area contributed by atoms with Crippen molar-refractivity contribution in [3.8, 4) is 0 Å². The van der Waals surface area contributed by atoms with Crippen molar-refractivity contribution >= 4 is 28.9 Å². The minimum absolute atomic E-state index is 0.0654. The van der Waals surface area contributed by atoms with E-state index in [0.29, 0.717) is 5.02 Å². The smallest absolute Gasteiger partial charge is 0.249 e. The van der Waals surface area contributed by atoms with Crippen molar-refractivity contribution in [2.75, 3.05) is 17.3 Å². The van der Waals surface area contributed by atoms with Gasteiger partial charge in [0, 0.05) is 7.05 Å². The van der Waals surface area contributed by atoms with Crippen molar-refractivity contribution < 1.29 is 4.79 Å². The van der Waals surface area contributed by atoms with Gasteiger partial charge in [-0.1, -0.05) is 31.5 Å². The third-order valence-electron chi connectivity index (χ3n) is 2.90.